The average Bonchev–Trinajstić information content (AvgIpc) is 3.20. The third-order valence-corrected chi connectivity index (χ3v) is 13.5. The molecule has 1 aliphatic rings. The molecule has 0 aromatic carbocycles. The van der Waals surface area contributed by atoms with Gasteiger partial charge in [-0.15, -0.1) is 11.6 Å². The Hall–Kier alpha value is -0.933. The molecule has 12 nitrogen and oxygen atoms in total. The van der Waals surface area contributed by atoms with Crippen molar-refractivity contribution < 1.29 is 37.4 Å². The van der Waals surface area contributed by atoms with Crippen molar-refractivity contribution in [3.63, 3.8) is 0 Å². The predicted octanol–water partition coefficient (Wildman–Crippen LogP) is 2.41. The number of aromatic nitrogens is 2. The lowest BCUT2D eigenvalue weighted by Crippen LogP contribution is -2.46. The molecule has 1 saturated heterocycles. The van der Waals surface area contributed by atoms with Gasteiger partial charge >= 0.3 is 13.4 Å². The number of aliphatic hydroxyl groups excluding tert-OH is 2. The van der Waals surface area contributed by atoms with Gasteiger partial charge in [0.15, 0.2) is 8.32 Å². The zero-order valence-electron chi connectivity index (χ0n) is 22.7. The highest BCUT2D eigenvalue weighted by molar-refractivity contribution is 7.51. The van der Waals surface area contributed by atoms with E-state index >= 15 is 0 Å². The van der Waals surface area contributed by atoms with Crippen LogP contribution in [0.25, 0.3) is 0 Å². The molecule has 0 aliphatic carbocycles. The Morgan fingerprint density at radius 2 is 2.03 bits per heavy atom. The van der Waals surface area contributed by atoms with Crippen LogP contribution in [-0.4, -0.2) is 90.4 Å². The van der Waals surface area contributed by atoms with Gasteiger partial charge in [-0.1, -0.05) is 20.8 Å². The van der Waals surface area contributed by atoms with Crippen LogP contribution in [0.2, 0.25) is 18.1 Å². The van der Waals surface area contributed by atoms with E-state index in [1.54, 1.807) is 0 Å². The minimum Gasteiger partial charge on any atom is -0.411 e. The number of hydrogen-bond donors (Lipinski definition) is 3. The number of nitrogens with zero attached hydrogens (tertiary/aromatic N) is 2. The highest BCUT2D eigenvalue weighted by Gasteiger charge is 2.46. The first-order valence-electron chi connectivity index (χ1n) is 12.3. The fourth-order valence-corrected chi connectivity index (χ4v) is 6.63. The minimum atomic E-state index is -3.92. The van der Waals surface area contributed by atoms with Gasteiger partial charge in [0.05, 0.1) is 38.2 Å². The largest absolute Gasteiger partial charge is 0.411 e. The Morgan fingerprint density at radius 1 is 1.37 bits per heavy atom. The van der Waals surface area contributed by atoms with E-state index in [2.05, 4.69) is 20.8 Å². The number of ether oxygens (including phenoxy) is 1. The van der Waals surface area contributed by atoms with Crippen molar-refractivity contribution in [2.45, 2.75) is 76.3 Å². The number of halogens is 2. The second-order valence-electron chi connectivity index (χ2n) is 10.7. The van der Waals surface area contributed by atoms with Crippen molar-refractivity contribution in [3.8, 4) is 0 Å². The third kappa shape index (κ3) is 8.53. The van der Waals surface area contributed by atoms with E-state index in [1.165, 1.54) is 11.7 Å². The van der Waals surface area contributed by atoms with Gasteiger partial charge in [-0.3, -0.25) is 23.4 Å². The van der Waals surface area contributed by atoms with E-state index in [1.807, 2.05) is 18.1 Å². The summed E-state index contributed by atoms with van der Waals surface area (Å²) in [5, 5.41) is 18.5. The van der Waals surface area contributed by atoms with E-state index in [4.69, 9.17) is 34.9 Å². The number of rotatable bonds is 14. The van der Waals surface area contributed by atoms with Crippen LogP contribution in [0.3, 0.4) is 0 Å². The molecular formula is C22H40ClFN3O9PSi. The fourth-order valence-electron chi connectivity index (χ4n) is 3.42. The molecule has 0 radical (unpaired) electrons. The summed E-state index contributed by atoms with van der Waals surface area (Å²) in [7, 11) is -4.76. The average molecular weight is 604 g/mol. The van der Waals surface area contributed by atoms with Crippen LogP contribution >= 0.6 is 19.3 Å². The SMILES string of the molecule is CN(CCCl)P(=O)(OCCC(O)CO)OC[C@H]1O[C@@H](n2cc(F)c(=O)[nH]c2=O)C[C@@H]1O[Si](C)(C)C(C)(C)C. The maximum Gasteiger partial charge on any atom is 0.408 e. The number of alkyl halides is 1. The Morgan fingerprint density at radius 3 is 2.61 bits per heavy atom. The Bertz CT molecular complexity index is 1080. The molecule has 0 saturated carbocycles. The van der Waals surface area contributed by atoms with Gasteiger partial charge in [-0.25, -0.2) is 14.0 Å². The van der Waals surface area contributed by atoms with E-state index < -0.39 is 64.3 Å². The van der Waals surface area contributed by atoms with Crippen LogP contribution in [0.4, 0.5) is 4.39 Å². The molecule has 1 aromatic rings. The second kappa shape index (κ2) is 13.6. The summed E-state index contributed by atoms with van der Waals surface area (Å²) >= 11 is 5.83. The molecule has 38 heavy (non-hydrogen) atoms. The lowest BCUT2D eigenvalue weighted by molar-refractivity contribution is -0.0438. The van der Waals surface area contributed by atoms with E-state index in [9.17, 15) is 23.7 Å². The van der Waals surface area contributed by atoms with Crippen molar-refractivity contribution in [2.24, 2.45) is 0 Å². The maximum atomic E-state index is 14.0. The lowest BCUT2D eigenvalue weighted by Gasteiger charge is -2.39. The molecule has 5 atom stereocenters. The molecule has 2 rings (SSSR count). The van der Waals surface area contributed by atoms with E-state index in [-0.39, 0.29) is 43.5 Å². The number of aliphatic hydroxyl groups is 2. The highest BCUT2D eigenvalue weighted by Crippen LogP contribution is 2.52. The molecule has 1 aliphatic heterocycles. The molecule has 220 valence electrons. The Kier molecular flexibility index (Phi) is 11.9. The molecule has 3 N–H and O–H groups in total. The highest BCUT2D eigenvalue weighted by atomic mass is 35.5. The zero-order valence-corrected chi connectivity index (χ0v) is 25.3. The smallest absolute Gasteiger partial charge is 0.408 e. The summed E-state index contributed by atoms with van der Waals surface area (Å²) in [6.07, 6.45) is -2.48. The second-order valence-corrected chi connectivity index (χ2v) is 18.0. The number of nitrogens with one attached hydrogen (secondary N) is 1. The molecule has 2 unspecified atom stereocenters. The topological polar surface area (TPSA) is 153 Å². The van der Waals surface area contributed by atoms with Gasteiger partial charge < -0.3 is 19.4 Å². The van der Waals surface area contributed by atoms with Gasteiger partial charge in [0, 0.05) is 18.8 Å². The monoisotopic (exact) mass is 603 g/mol. The maximum absolute atomic E-state index is 14.0. The summed E-state index contributed by atoms with van der Waals surface area (Å²) in [6, 6.07) is 0. The lowest BCUT2D eigenvalue weighted by atomic mass is 10.2. The van der Waals surface area contributed by atoms with E-state index in [0.717, 1.165) is 10.8 Å². The van der Waals surface area contributed by atoms with Crippen molar-refractivity contribution >= 4 is 27.7 Å². The quantitative estimate of drug-likeness (QED) is 0.164. The minimum absolute atomic E-state index is 0.0262. The van der Waals surface area contributed by atoms with Crippen LogP contribution in [0.1, 0.15) is 39.8 Å². The van der Waals surface area contributed by atoms with Gasteiger partial charge in [-0.2, -0.15) is 4.39 Å². The summed E-state index contributed by atoms with van der Waals surface area (Å²) in [5.74, 6) is -0.993. The first kappa shape index (κ1) is 33.3. The van der Waals surface area contributed by atoms with Gasteiger partial charge in [0.2, 0.25) is 5.82 Å². The van der Waals surface area contributed by atoms with Crippen LogP contribution < -0.4 is 11.2 Å². The van der Waals surface area contributed by atoms with Crippen molar-refractivity contribution in [3.05, 3.63) is 32.9 Å². The summed E-state index contributed by atoms with van der Waals surface area (Å²) in [4.78, 5) is 25.8. The Balaban J connectivity index is 2.31. The molecule has 16 heteroatoms. The van der Waals surface area contributed by atoms with E-state index in [0.29, 0.717) is 0 Å². The van der Waals surface area contributed by atoms with Crippen LogP contribution in [-0.2, 0) is 22.8 Å². The molecule has 1 aromatic heterocycles. The third-order valence-electron chi connectivity index (χ3n) is 6.81. The van der Waals surface area contributed by atoms with Crippen LogP contribution in [0.15, 0.2) is 15.8 Å². The summed E-state index contributed by atoms with van der Waals surface area (Å²) < 4.78 is 53.8. The number of aromatic amines is 1. The normalized spacial score (nSPS) is 23.1. The molecule has 0 spiro atoms. The fraction of sp³-hybridized carbons (Fsp3) is 0.818. The molecule has 2 heterocycles. The zero-order chi connectivity index (χ0) is 28.9. The Labute approximate surface area is 227 Å². The van der Waals surface area contributed by atoms with Crippen LogP contribution in [0, 0.1) is 5.82 Å². The molecule has 0 amide bonds. The van der Waals surface area contributed by atoms with Crippen LogP contribution in [0.5, 0.6) is 0 Å². The molecular weight excluding hydrogens is 564 g/mol. The van der Waals surface area contributed by atoms with Gasteiger partial charge in [0.1, 0.15) is 12.3 Å². The molecule has 1 fully saturated rings. The van der Waals surface area contributed by atoms with Crippen molar-refractivity contribution in [2.75, 3.05) is 39.3 Å². The summed E-state index contributed by atoms with van der Waals surface area (Å²) in [6.45, 7) is 9.54. The first-order chi connectivity index (χ1) is 17.5. The first-order valence-corrected chi connectivity index (χ1v) is 17.3. The summed E-state index contributed by atoms with van der Waals surface area (Å²) in [5.41, 5.74) is -1.97. The van der Waals surface area contributed by atoms with Crippen molar-refractivity contribution in [1.82, 2.24) is 14.2 Å². The van der Waals surface area contributed by atoms with Gasteiger partial charge in [-0.05, 0) is 31.6 Å². The molecule has 0 bridgehead atoms. The van der Waals surface area contributed by atoms with Crippen molar-refractivity contribution in [1.29, 1.82) is 0 Å². The number of H-pyrrole nitrogens is 1. The number of hydrogen-bond acceptors (Lipinski definition) is 9. The van der Waals surface area contributed by atoms with Gasteiger partial charge in [0.25, 0.3) is 5.56 Å². The standard InChI is InChI=1S/C22H40ClFN3O9PSi/c1-22(2,3)38(5,6)36-17-11-19(27-12-16(24)20(30)25-21(27)31)35-18(17)14-34-37(32,26(4)9-8-23)33-10-7-15(29)13-28/h12,15,17-19,28-29H,7-11,13-14H2,1-6H3,(H,25,30,31)/t15?,17-,18+,19+,37?/m0/s1. The predicted molar refractivity (Wildman–Crippen MR) is 142 cm³/mol.